The lowest BCUT2D eigenvalue weighted by molar-refractivity contribution is -0.148. The Morgan fingerprint density at radius 3 is 2.68 bits per heavy atom. The first kappa shape index (κ1) is 13.4. The van der Waals surface area contributed by atoms with Crippen molar-refractivity contribution in [1.29, 1.82) is 0 Å². The van der Waals surface area contributed by atoms with E-state index in [1.165, 1.54) is 7.11 Å². The molecule has 0 spiro atoms. The molecule has 0 N–H and O–H groups in total. The largest absolute Gasteiger partial charge is 0.468 e. The lowest BCUT2D eigenvalue weighted by atomic mass is 9.91. The van der Waals surface area contributed by atoms with Crippen molar-refractivity contribution >= 4 is 17.5 Å². The van der Waals surface area contributed by atoms with Crippen LogP contribution in [0.4, 0.5) is 4.39 Å². The third-order valence-corrected chi connectivity index (χ3v) is 3.14. The number of benzene rings is 1. The van der Waals surface area contributed by atoms with Gasteiger partial charge in [0.15, 0.2) is 5.78 Å². The highest BCUT2D eigenvalue weighted by atomic mass is 19.1. The molecule has 0 radical (unpaired) electrons. The number of aliphatic imine (C=N–C) groups is 1. The highest BCUT2D eigenvalue weighted by Gasteiger charge is 2.32. The van der Waals surface area contributed by atoms with Gasteiger partial charge >= 0.3 is 5.97 Å². The Labute approximate surface area is 110 Å². The Bertz CT molecular complexity index is 522. The van der Waals surface area contributed by atoms with Gasteiger partial charge in [0.2, 0.25) is 0 Å². The second kappa shape index (κ2) is 5.73. The minimum atomic E-state index is -0.779. The summed E-state index contributed by atoms with van der Waals surface area (Å²) in [6, 6.07) is 6.83. The van der Waals surface area contributed by atoms with Crippen molar-refractivity contribution in [3.05, 3.63) is 35.4 Å². The average Bonchev–Trinajstić information content (AvgIpc) is 2.47. The van der Waals surface area contributed by atoms with E-state index in [0.717, 1.165) is 5.56 Å². The van der Waals surface area contributed by atoms with Gasteiger partial charge in [-0.25, -0.2) is 4.39 Å². The summed E-state index contributed by atoms with van der Waals surface area (Å²) in [4.78, 5) is 27.3. The van der Waals surface area contributed by atoms with Crippen molar-refractivity contribution in [3.63, 3.8) is 0 Å². The van der Waals surface area contributed by atoms with Gasteiger partial charge in [0.25, 0.3) is 0 Å². The minimum Gasteiger partial charge on any atom is -0.468 e. The SMILES string of the molecule is COC(=O)C1CC(c2ccc(CF)cc2)=NCC1=O. The highest BCUT2D eigenvalue weighted by Crippen LogP contribution is 2.19. The van der Waals surface area contributed by atoms with E-state index in [-0.39, 0.29) is 18.7 Å². The second-order valence-corrected chi connectivity index (χ2v) is 4.34. The molecule has 4 nitrogen and oxygen atoms in total. The molecule has 1 aromatic rings. The number of nitrogens with zero attached hydrogens (tertiary/aromatic N) is 1. The molecule has 0 bridgehead atoms. The van der Waals surface area contributed by atoms with E-state index < -0.39 is 18.6 Å². The van der Waals surface area contributed by atoms with Crippen LogP contribution in [0.25, 0.3) is 0 Å². The fourth-order valence-corrected chi connectivity index (χ4v) is 2.01. The zero-order valence-electron chi connectivity index (χ0n) is 10.6. The maximum atomic E-state index is 12.4. The maximum absolute atomic E-state index is 12.4. The molecule has 1 aliphatic rings. The van der Waals surface area contributed by atoms with Crippen LogP contribution < -0.4 is 0 Å². The van der Waals surface area contributed by atoms with Crippen molar-refractivity contribution in [3.8, 4) is 0 Å². The number of rotatable bonds is 3. The van der Waals surface area contributed by atoms with E-state index >= 15 is 0 Å². The van der Waals surface area contributed by atoms with Crippen molar-refractivity contribution < 1.29 is 18.7 Å². The first-order valence-electron chi connectivity index (χ1n) is 5.95. The van der Waals surface area contributed by atoms with Crippen LogP contribution in [0.15, 0.2) is 29.3 Å². The number of Topliss-reactive ketones (excluding diaryl/α,β-unsaturated/α-hetero) is 1. The molecule has 0 saturated carbocycles. The molecule has 1 unspecified atom stereocenters. The number of esters is 1. The van der Waals surface area contributed by atoms with Gasteiger partial charge in [-0.2, -0.15) is 0 Å². The monoisotopic (exact) mass is 263 g/mol. The standard InChI is InChI=1S/C14H14FNO3/c1-19-14(18)11-6-12(16-8-13(11)17)10-4-2-9(7-15)3-5-10/h2-5,11H,6-8H2,1H3. The maximum Gasteiger partial charge on any atom is 0.316 e. The van der Waals surface area contributed by atoms with Crippen LogP contribution in [-0.2, 0) is 21.0 Å². The predicted octanol–water partition coefficient (Wildman–Crippen LogP) is 1.71. The highest BCUT2D eigenvalue weighted by molar-refractivity contribution is 6.12. The van der Waals surface area contributed by atoms with E-state index in [4.69, 9.17) is 0 Å². The summed E-state index contributed by atoms with van der Waals surface area (Å²) in [6.07, 6.45) is 0.237. The third-order valence-electron chi connectivity index (χ3n) is 3.14. The molecule has 0 aliphatic carbocycles. The number of alkyl halides is 1. The number of hydrogen-bond acceptors (Lipinski definition) is 4. The van der Waals surface area contributed by atoms with Gasteiger partial charge in [0.05, 0.1) is 13.7 Å². The Hall–Kier alpha value is -2.04. The van der Waals surface area contributed by atoms with Gasteiger partial charge in [-0.15, -0.1) is 0 Å². The number of hydrogen-bond donors (Lipinski definition) is 0. The van der Waals surface area contributed by atoms with E-state index in [1.807, 2.05) is 0 Å². The lowest BCUT2D eigenvalue weighted by Gasteiger charge is -2.19. The zero-order chi connectivity index (χ0) is 13.8. The van der Waals surface area contributed by atoms with Crippen LogP contribution in [0.3, 0.4) is 0 Å². The molecular formula is C14H14FNO3. The number of carbonyl (C=O) groups excluding carboxylic acids is 2. The summed E-state index contributed by atoms with van der Waals surface area (Å²) < 4.78 is 17.0. The predicted molar refractivity (Wildman–Crippen MR) is 67.8 cm³/mol. The van der Waals surface area contributed by atoms with Crippen LogP contribution >= 0.6 is 0 Å². The van der Waals surface area contributed by atoms with Gasteiger partial charge in [0, 0.05) is 12.1 Å². The third kappa shape index (κ3) is 2.86. The number of carbonyl (C=O) groups is 2. The van der Waals surface area contributed by atoms with E-state index in [9.17, 15) is 14.0 Å². The smallest absolute Gasteiger partial charge is 0.316 e. The van der Waals surface area contributed by atoms with Crippen molar-refractivity contribution in [2.24, 2.45) is 10.9 Å². The van der Waals surface area contributed by atoms with Gasteiger partial charge in [0.1, 0.15) is 12.6 Å². The van der Waals surface area contributed by atoms with Crippen molar-refractivity contribution in [2.75, 3.05) is 13.7 Å². The first-order valence-corrected chi connectivity index (χ1v) is 5.95. The number of ketones is 1. The average molecular weight is 263 g/mol. The summed E-state index contributed by atoms with van der Waals surface area (Å²) >= 11 is 0. The summed E-state index contributed by atoms with van der Waals surface area (Å²) in [5.41, 5.74) is 2.07. The quantitative estimate of drug-likeness (QED) is 0.616. The van der Waals surface area contributed by atoms with E-state index in [1.54, 1.807) is 24.3 Å². The van der Waals surface area contributed by atoms with Gasteiger partial charge < -0.3 is 4.74 Å². The van der Waals surface area contributed by atoms with Crippen molar-refractivity contribution in [1.82, 2.24) is 0 Å². The Kier molecular flexibility index (Phi) is 4.04. The van der Waals surface area contributed by atoms with Gasteiger partial charge in [-0.05, 0) is 11.1 Å². The van der Waals surface area contributed by atoms with E-state index in [0.29, 0.717) is 11.3 Å². The molecule has 1 aromatic carbocycles. The Balaban J connectivity index is 2.20. The zero-order valence-corrected chi connectivity index (χ0v) is 10.6. The summed E-state index contributed by atoms with van der Waals surface area (Å²) in [6.45, 7) is -0.532. The fourth-order valence-electron chi connectivity index (χ4n) is 2.01. The molecule has 0 saturated heterocycles. The van der Waals surface area contributed by atoms with Crippen LogP contribution in [0.1, 0.15) is 17.5 Å². The first-order chi connectivity index (χ1) is 9.15. The molecule has 1 aliphatic heterocycles. The second-order valence-electron chi connectivity index (χ2n) is 4.34. The van der Waals surface area contributed by atoms with Crippen LogP contribution in [-0.4, -0.2) is 31.1 Å². The van der Waals surface area contributed by atoms with Gasteiger partial charge in [-0.3, -0.25) is 14.6 Å². The molecule has 1 heterocycles. The number of methoxy groups -OCH3 is 1. The molecule has 19 heavy (non-hydrogen) atoms. The molecule has 0 fully saturated rings. The van der Waals surface area contributed by atoms with Crippen LogP contribution in [0.2, 0.25) is 0 Å². The molecule has 0 amide bonds. The lowest BCUT2D eigenvalue weighted by Crippen LogP contribution is -2.33. The number of ether oxygens (including phenoxy) is 1. The van der Waals surface area contributed by atoms with Gasteiger partial charge in [-0.1, -0.05) is 24.3 Å². The van der Waals surface area contributed by atoms with Crippen LogP contribution in [0.5, 0.6) is 0 Å². The van der Waals surface area contributed by atoms with E-state index in [2.05, 4.69) is 9.73 Å². The molecule has 0 aromatic heterocycles. The normalized spacial score (nSPS) is 18.9. The summed E-state index contributed by atoms with van der Waals surface area (Å²) in [5.74, 6) is -1.54. The Morgan fingerprint density at radius 2 is 2.11 bits per heavy atom. The van der Waals surface area contributed by atoms with Crippen molar-refractivity contribution in [2.45, 2.75) is 13.1 Å². The Morgan fingerprint density at radius 1 is 1.42 bits per heavy atom. The fraction of sp³-hybridized carbons (Fsp3) is 0.357. The summed E-state index contributed by atoms with van der Waals surface area (Å²) in [7, 11) is 1.26. The molecule has 100 valence electrons. The topological polar surface area (TPSA) is 55.7 Å². The molecular weight excluding hydrogens is 249 g/mol. The van der Waals surface area contributed by atoms with Crippen LogP contribution in [0, 0.1) is 5.92 Å². The summed E-state index contributed by atoms with van der Waals surface area (Å²) in [5, 5.41) is 0. The molecule has 2 rings (SSSR count). The molecule has 5 heteroatoms. The minimum absolute atomic E-state index is 0.0139. The molecule has 1 atom stereocenters. The number of halogens is 1.